The number of aromatic nitrogens is 2. The van der Waals surface area contributed by atoms with E-state index in [-0.39, 0.29) is 0 Å². The van der Waals surface area contributed by atoms with Gasteiger partial charge in [0.25, 0.3) is 0 Å². The van der Waals surface area contributed by atoms with Crippen LogP contribution in [0.3, 0.4) is 0 Å². The predicted molar refractivity (Wildman–Crippen MR) is 75.1 cm³/mol. The van der Waals surface area contributed by atoms with Crippen molar-refractivity contribution in [2.45, 2.75) is 37.8 Å². The van der Waals surface area contributed by atoms with Gasteiger partial charge in [0, 0.05) is 31.2 Å². The van der Waals surface area contributed by atoms with Gasteiger partial charge in [0.15, 0.2) is 0 Å². The highest BCUT2D eigenvalue weighted by molar-refractivity contribution is 5.40. The molecule has 0 bridgehead atoms. The number of rotatable bonds is 5. The lowest BCUT2D eigenvalue weighted by Gasteiger charge is -2.30. The van der Waals surface area contributed by atoms with Crippen LogP contribution in [0.15, 0.2) is 36.8 Å². The summed E-state index contributed by atoms with van der Waals surface area (Å²) in [5.41, 5.74) is 4.39. The summed E-state index contributed by atoms with van der Waals surface area (Å²) in [7, 11) is 0. The van der Waals surface area contributed by atoms with Crippen molar-refractivity contribution in [1.29, 1.82) is 0 Å². The molecule has 1 fully saturated rings. The maximum Gasteiger partial charge on any atom is 0.0951 e. The Labute approximate surface area is 113 Å². The molecule has 19 heavy (non-hydrogen) atoms. The maximum absolute atomic E-state index is 4.27. The van der Waals surface area contributed by atoms with E-state index >= 15 is 0 Å². The first kappa shape index (κ1) is 11.2. The first-order valence-electron chi connectivity index (χ1n) is 7.21. The van der Waals surface area contributed by atoms with Crippen LogP contribution < -0.4 is 5.32 Å². The van der Waals surface area contributed by atoms with Crippen LogP contribution in [0.2, 0.25) is 0 Å². The zero-order chi connectivity index (χ0) is 12.7. The van der Waals surface area contributed by atoms with Crippen LogP contribution in [0.5, 0.6) is 0 Å². The van der Waals surface area contributed by atoms with Gasteiger partial charge in [0.05, 0.1) is 12.0 Å². The topological polar surface area (TPSA) is 29.9 Å². The molecule has 1 N–H and O–H groups in total. The van der Waals surface area contributed by atoms with Gasteiger partial charge in [-0.15, -0.1) is 0 Å². The van der Waals surface area contributed by atoms with Crippen molar-refractivity contribution in [3.63, 3.8) is 0 Å². The smallest absolute Gasteiger partial charge is 0.0951 e. The van der Waals surface area contributed by atoms with Gasteiger partial charge in [-0.3, -0.25) is 0 Å². The van der Waals surface area contributed by atoms with E-state index in [1.54, 1.807) is 0 Å². The Bertz CT molecular complexity index is 583. The van der Waals surface area contributed by atoms with Gasteiger partial charge in [-0.25, -0.2) is 4.98 Å². The van der Waals surface area contributed by atoms with Crippen LogP contribution in [-0.2, 0) is 13.0 Å². The molecule has 0 radical (unpaired) electrons. The summed E-state index contributed by atoms with van der Waals surface area (Å²) in [6, 6.07) is 9.51. The third-order valence-electron chi connectivity index (χ3n) is 4.34. The Morgan fingerprint density at radius 2 is 2.16 bits per heavy atom. The second-order valence-electron chi connectivity index (χ2n) is 5.75. The molecule has 1 heterocycles. The quantitative estimate of drug-likeness (QED) is 0.887. The highest BCUT2D eigenvalue weighted by Gasteiger charge is 2.26. The summed E-state index contributed by atoms with van der Waals surface area (Å²) >= 11 is 0. The lowest BCUT2D eigenvalue weighted by atomic mass is 9.77. The molecule has 2 aliphatic rings. The largest absolute Gasteiger partial charge is 0.330 e. The Balaban J connectivity index is 1.33. The van der Waals surface area contributed by atoms with Crippen molar-refractivity contribution in [3.05, 3.63) is 53.6 Å². The summed E-state index contributed by atoms with van der Waals surface area (Å²) in [5.74, 6) is 0.702. The molecule has 2 aliphatic carbocycles. The summed E-state index contributed by atoms with van der Waals surface area (Å²) in [5, 5.41) is 3.59. The molecule has 1 aromatic heterocycles. The molecule has 1 atom stereocenters. The second-order valence-corrected chi connectivity index (χ2v) is 5.75. The Morgan fingerprint density at radius 3 is 3.00 bits per heavy atom. The van der Waals surface area contributed by atoms with Crippen molar-refractivity contribution in [1.82, 2.24) is 14.9 Å². The molecule has 0 amide bonds. The van der Waals surface area contributed by atoms with Gasteiger partial charge in [0.2, 0.25) is 0 Å². The van der Waals surface area contributed by atoms with Gasteiger partial charge >= 0.3 is 0 Å². The molecule has 0 saturated heterocycles. The van der Waals surface area contributed by atoms with Crippen LogP contribution in [0, 0.1) is 0 Å². The molecule has 1 unspecified atom stereocenters. The number of nitrogens with one attached hydrogen (secondary N) is 1. The van der Waals surface area contributed by atoms with Crippen molar-refractivity contribution < 1.29 is 0 Å². The Hall–Kier alpha value is -1.61. The monoisotopic (exact) mass is 253 g/mol. The highest BCUT2D eigenvalue weighted by atomic mass is 15.1. The predicted octanol–water partition coefficient (Wildman–Crippen LogP) is 2.65. The van der Waals surface area contributed by atoms with E-state index in [1.807, 2.05) is 12.5 Å². The van der Waals surface area contributed by atoms with Gasteiger partial charge < -0.3 is 9.88 Å². The van der Waals surface area contributed by atoms with Crippen molar-refractivity contribution >= 4 is 0 Å². The fourth-order valence-electron chi connectivity index (χ4n) is 3.07. The Kier molecular flexibility index (Phi) is 2.66. The third kappa shape index (κ3) is 2.08. The number of fused-ring (bicyclic) bond motifs is 1. The summed E-state index contributed by atoms with van der Waals surface area (Å²) in [4.78, 5) is 4.27. The van der Waals surface area contributed by atoms with Crippen LogP contribution in [-0.4, -0.2) is 16.1 Å². The minimum atomic E-state index is 0.702. The minimum absolute atomic E-state index is 0.702. The standard InChI is InChI=1S/C16H19N3/c1-2-4-16-12(3-1)7-13(16)8-17-9-15-10-18-11-19(15)14-5-6-14/h1-4,10-11,13-14,17H,5-9H2. The van der Waals surface area contributed by atoms with E-state index in [9.17, 15) is 0 Å². The molecule has 4 rings (SSSR count). The summed E-state index contributed by atoms with van der Waals surface area (Å²) < 4.78 is 2.34. The van der Waals surface area contributed by atoms with Crippen LogP contribution >= 0.6 is 0 Å². The minimum Gasteiger partial charge on any atom is -0.330 e. The molecule has 98 valence electrons. The lowest BCUT2D eigenvalue weighted by Crippen LogP contribution is -2.29. The van der Waals surface area contributed by atoms with Gasteiger partial charge in [0.1, 0.15) is 0 Å². The van der Waals surface area contributed by atoms with Gasteiger partial charge in [-0.1, -0.05) is 24.3 Å². The lowest BCUT2D eigenvalue weighted by molar-refractivity contribution is 0.523. The normalized spacial score (nSPS) is 20.9. The van der Waals surface area contributed by atoms with Crippen molar-refractivity contribution in [2.24, 2.45) is 0 Å². The summed E-state index contributed by atoms with van der Waals surface area (Å²) in [6.07, 6.45) is 7.84. The fraction of sp³-hybridized carbons (Fsp3) is 0.438. The number of benzene rings is 1. The molecule has 3 heteroatoms. The van der Waals surface area contributed by atoms with E-state index in [4.69, 9.17) is 0 Å². The van der Waals surface area contributed by atoms with Crippen molar-refractivity contribution in [2.75, 3.05) is 6.54 Å². The second kappa shape index (κ2) is 4.49. The highest BCUT2D eigenvalue weighted by Crippen LogP contribution is 2.36. The van der Waals surface area contributed by atoms with Crippen LogP contribution in [0.4, 0.5) is 0 Å². The number of hydrogen-bond acceptors (Lipinski definition) is 2. The number of nitrogens with zero attached hydrogens (tertiary/aromatic N) is 2. The zero-order valence-electron chi connectivity index (χ0n) is 11.0. The van der Waals surface area contributed by atoms with Crippen molar-refractivity contribution in [3.8, 4) is 0 Å². The van der Waals surface area contributed by atoms with E-state index in [0.29, 0.717) is 5.92 Å². The average Bonchev–Trinajstić information content (AvgIpc) is 3.15. The molecular weight excluding hydrogens is 234 g/mol. The zero-order valence-corrected chi connectivity index (χ0v) is 11.0. The third-order valence-corrected chi connectivity index (χ3v) is 4.34. The van der Waals surface area contributed by atoms with Gasteiger partial charge in [-0.05, 0) is 30.4 Å². The summed E-state index contributed by atoms with van der Waals surface area (Å²) in [6.45, 7) is 2.02. The average molecular weight is 253 g/mol. The molecule has 0 spiro atoms. The van der Waals surface area contributed by atoms with Crippen LogP contribution in [0.25, 0.3) is 0 Å². The SMILES string of the molecule is c1ccc2c(c1)CC2CNCc1cncn1C1CC1. The molecule has 1 aromatic carbocycles. The molecule has 2 aromatic rings. The Morgan fingerprint density at radius 1 is 1.26 bits per heavy atom. The first-order valence-corrected chi connectivity index (χ1v) is 7.21. The molecule has 3 nitrogen and oxygen atoms in total. The van der Waals surface area contributed by atoms with Crippen LogP contribution in [0.1, 0.15) is 41.6 Å². The number of imidazole rings is 1. The molecule has 0 aliphatic heterocycles. The fourth-order valence-corrected chi connectivity index (χ4v) is 3.07. The molecule has 1 saturated carbocycles. The van der Waals surface area contributed by atoms with E-state index in [0.717, 1.165) is 19.1 Å². The van der Waals surface area contributed by atoms with E-state index in [1.165, 1.54) is 36.1 Å². The maximum atomic E-state index is 4.27. The number of hydrogen-bond donors (Lipinski definition) is 1. The first-order chi connectivity index (χ1) is 9.42. The molecular formula is C16H19N3. The van der Waals surface area contributed by atoms with E-state index in [2.05, 4.69) is 39.1 Å². The van der Waals surface area contributed by atoms with E-state index < -0.39 is 0 Å². The van der Waals surface area contributed by atoms with Gasteiger partial charge in [-0.2, -0.15) is 0 Å².